The highest BCUT2D eigenvalue weighted by atomic mass is 32.2. The van der Waals surface area contributed by atoms with Crippen LogP contribution in [0.4, 0.5) is 0 Å². The van der Waals surface area contributed by atoms with Gasteiger partial charge < -0.3 is 0 Å². The lowest BCUT2D eigenvalue weighted by molar-refractivity contribution is 0.0826. The maximum Gasteiger partial charge on any atom is 0.241 e. The zero-order valence-corrected chi connectivity index (χ0v) is 20.7. The number of benzene rings is 4. The van der Waals surface area contributed by atoms with E-state index in [1.807, 2.05) is 19.1 Å². The third-order valence-corrected chi connectivity index (χ3v) is 7.53. The van der Waals surface area contributed by atoms with Crippen LogP contribution in [0, 0.1) is 12.8 Å². The molecule has 0 radical (unpaired) electrons. The first-order valence-corrected chi connectivity index (χ1v) is 13.1. The van der Waals surface area contributed by atoms with Crippen LogP contribution < -0.4 is 4.72 Å². The Bertz CT molecular complexity index is 1420. The number of hydrogen-bond acceptors (Lipinski definition) is 4. The Hall–Kier alpha value is -3.87. The lowest BCUT2D eigenvalue weighted by Crippen LogP contribution is -2.38. The first-order valence-electron chi connectivity index (χ1n) is 11.7. The van der Waals surface area contributed by atoms with Gasteiger partial charge in [0.1, 0.15) is 0 Å². The van der Waals surface area contributed by atoms with Gasteiger partial charge in [0, 0.05) is 17.5 Å². The van der Waals surface area contributed by atoms with E-state index in [0.29, 0.717) is 16.7 Å². The van der Waals surface area contributed by atoms with Gasteiger partial charge in [0.05, 0.1) is 16.9 Å². The molecule has 2 unspecified atom stereocenters. The third-order valence-electron chi connectivity index (χ3n) is 6.07. The number of nitrogens with one attached hydrogen (secondary N) is 1. The van der Waals surface area contributed by atoms with Crippen molar-refractivity contribution in [1.29, 1.82) is 0 Å². The van der Waals surface area contributed by atoms with Crippen molar-refractivity contribution < 1.29 is 18.0 Å². The van der Waals surface area contributed by atoms with Crippen LogP contribution in [0.5, 0.6) is 0 Å². The third kappa shape index (κ3) is 6.03. The van der Waals surface area contributed by atoms with E-state index in [4.69, 9.17) is 0 Å². The minimum Gasteiger partial charge on any atom is -0.294 e. The van der Waals surface area contributed by atoms with Crippen LogP contribution in [0.2, 0.25) is 0 Å². The van der Waals surface area contributed by atoms with E-state index >= 15 is 0 Å². The maximum absolute atomic E-state index is 13.8. The molecule has 0 bridgehead atoms. The van der Waals surface area contributed by atoms with E-state index in [9.17, 15) is 18.0 Å². The molecule has 0 saturated carbocycles. The van der Waals surface area contributed by atoms with Crippen molar-refractivity contribution in [2.45, 2.75) is 24.3 Å². The molecule has 4 aromatic rings. The van der Waals surface area contributed by atoms with Crippen molar-refractivity contribution in [3.05, 3.63) is 138 Å². The van der Waals surface area contributed by atoms with Crippen molar-refractivity contribution in [2.24, 2.45) is 5.92 Å². The molecule has 5 nitrogen and oxygen atoms in total. The second-order valence-corrected chi connectivity index (χ2v) is 10.4. The van der Waals surface area contributed by atoms with Gasteiger partial charge in [0.15, 0.2) is 11.6 Å². The molecular formula is C30H27NO4S. The van der Waals surface area contributed by atoms with Crippen LogP contribution in [0.1, 0.15) is 44.3 Å². The minimum atomic E-state index is -4.00. The van der Waals surface area contributed by atoms with Crippen molar-refractivity contribution >= 4 is 21.6 Å². The lowest BCUT2D eigenvalue weighted by Gasteiger charge is -2.27. The Morgan fingerprint density at radius 3 is 1.75 bits per heavy atom. The first kappa shape index (κ1) is 25.2. The van der Waals surface area contributed by atoms with Gasteiger partial charge in [-0.15, -0.1) is 0 Å². The number of Topliss-reactive ketones (excluding diaryl/α,β-unsaturated/α-hetero) is 2. The average molecular weight is 498 g/mol. The zero-order chi connectivity index (χ0) is 25.5. The normalized spacial score (nSPS) is 13.0. The van der Waals surface area contributed by atoms with Gasteiger partial charge in [-0.05, 0) is 24.6 Å². The van der Waals surface area contributed by atoms with Gasteiger partial charge >= 0.3 is 0 Å². The Balaban J connectivity index is 1.79. The summed E-state index contributed by atoms with van der Waals surface area (Å²) in [6.45, 7) is 1.88. The molecule has 2 atom stereocenters. The van der Waals surface area contributed by atoms with Crippen molar-refractivity contribution in [3.63, 3.8) is 0 Å². The molecular weight excluding hydrogens is 470 g/mol. The van der Waals surface area contributed by atoms with E-state index in [1.54, 1.807) is 91.0 Å². The second kappa shape index (κ2) is 11.2. The predicted octanol–water partition coefficient (Wildman–Crippen LogP) is 5.79. The van der Waals surface area contributed by atoms with Gasteiger partial charge in [-0.1, -0.05) is 109 Å². The summed E-state index contributed by atoms with van der Waals surface area (Å²) < 4.78 is 29.6. The highest BCUT2D eigenvalue weighted by molar-refractivity contribution is 7.89. The van der Waals surface area contributed by atoms with Crippen molar-refractivity contribution in [1.82, 2.24) is 4.72 Å². The molecule has 0 spiro atoms. The summed E-state index contributed by atoms with van der Waals surface area (Å²) in [5, 5.41) is 0. The van der Waals surface area contributed by atoms with Crippen LogP contribution in [0.25, 0.3) is 0 Å². The summed E-state index contributed by atoms with van der Waals surface area (Å²) in [4.78, 5) is 27.2. The van der Waals surface area contributed by atoms with E-state index in [0.717, 1.165) is 5.56 Å². The van der Waals surface area contributed by atoms with Gasteiger partial charge in [0.25, 0.3) is 0 Å². The molecule has 0 aromatic heterocycles. The summed E-state index contributed by atoms with van der Waals surface area (Å²) in [5.74, 6) is -1.51. The van der Waals surface area contributed by atoms with Crippen LogP contribution in [0.3, 0.4) is 0 Å². The molecule has 0 aliphatic carbocycles. The number of ketones is 2. The molecule has 0 heterocycles. The second-order valence-electron chi connectivity index (χ2n) is 8.65. The van der Waals surface area contributed by atoms with Crippen molar-refractivity contribution in [2.75, 3.05) is 0 Å². The highest BCUT2D eigenvalue weighted by Gasteiger charge is 2.35. The molecule has 36 heavy (non-hydrogen) atoms. The summed E-state index contributed by atoms with van der Waals surface area (Å²) in [6.07, 6.45) is -0.159. The first-order chi connectivity index (χ1) is 17.3. The topological polar surface area (TPSA) is 80.3 Å². The van der Waals surface area contributed by atoms with Crippen LogP contribution in [0.15, 0.2) is 120 Å². The fourth-order valence-electron chi connectivity index (χ4n) is 4.12. The number of rotatable bonds is 10. The predicted molar refractivity (Wildman–Crippen MR) is 140 cm³/mol. The van der Waals surface area contributed by atoms with E-state index in [2.05, 4.69) is 4.72 Å². The number of carbonyl (C=O) groups excluding carboxylic acids is 2. The Kier molecular flexibility index (Phi) is 7.88. The summed E-state index contributed by atoms with van der Waals surface area (Å²) >= 11 is 0. The minimum absolute atomic E-state index is 0.0920. The van der Waals surface area contributed by atoms with Crippen LogP contribution in [-0.4, -0.2) is 20.0 Å². The Morgan fingerprint density at radius 2 is 1.19 bits per heavy atom. The quantitative estimate of drug-likeness (QED) is 0.281. The lowest BCUT2D eigenvalue weighted by atomic mass is 9.82. The van der Waals surface area contributed by atoms with Gasteiger partial charge in [-0.25, -0.2) is 13.1 Å². The fourth-order valence-corrected chi connectivity index (χ4v) is 5.38. The van der Waals surface area contributed by atoms with Gasteiger partial charge in [0.2, 0.25) is 10.0 Å². The maximum atomic E-state index is 13.8. The van der Waals surface area contributed by atoms with Gasteiger partial charge in [-0.2, -0.15) is 0 Å². The number of hydrogen-bond donors (Lipinski definition) is 1. The molecule has 0 fully saturated rings. The molecule has 1 N–H and O–H groups in total. The number of aryl methyl sites for hydroxylation is 1. The molecule has 0 aliphatic rings. The summed E-state index contributed by atoms with van der Waals surface area (Å²) in [7, 11) is -4.00. The van der Waals surface area contributed by atoms with Crippen LogP contribution in [-0.2, 0) is 10.0 Å². The SMILES string of the molecule is Cc1ccc(S(=O)(=O)NC(c2ccccc2)C(CC(=O)c2ccccc2)C(=O)c2ccccc2)cc1. The monoisotopic (exact) mass is 497 g/mol. The highest BCUT2D eigenvalue weighted by Crippen LogP contribution is 2.31. The smallest absolute Gasteiger partial charge is 0.241 e. The number of carbonyl (C=O) groups is 2. The molecule has 0 amide bonds. The molecule has 6 heteroatoms. The van der Waals surface area contributed by atoms with Crippen molar-refractivity contribution in [3.8, 4) is 0 Å². The van der Waals surface area contributed by atoms with E-state index in [1.165, 1.54) is 12.1 Å². The zero-order valence-electron chi connectivity index (χ0n) is 19.9. The Morgan fingerprint density at radius 1 is 0.694 bits per heavy atom. The largest absolute Gasteiger partial charge is 0.294 e. The Labute approximate surface area is 211 Å². The molecule has 0 aliphatic heterocycles. The summed E-state index contributed by atoms with van der Waals surface area (Å²) in [5.41, 5.74) is 2.41. The van der Waals surface area contributed by atoms with Gasteiger partial charge in [-0.3, -0.25) is 9.59 Å². The molecule has 0 saturated heterocycles. The van der Waals surface area contributed by atoms with Crippen LogP contribution >= 0.6 is 0 Å². The van der Waals surface area contributed by atoms with E-state index in [-0.39, 0.29) is 22.9 Å². The summed E-state index contributed by atoms with van der Waals surface area (Å²) in [6, 6.07) is 31.8. The fraction of sp³-hybridized carbons (Fsp3) is 0.133. The average Bonchev–Trinajstić information content (AvgIpc) is 2.92. The molecule has 182 valence electrons. The number of sulfonamides is 1. The molecule has 4 aromatic carbocycles. The molecule has 4 rings (SSSR count). The van der Waals surface area contributed by atoms with E-state index < -0.39 is 22.0 Å². The standard InChI is InChI=1S/C30H27NO4S/c1-22-17-19-26(20-18-22)36(34,35)31-29(24-13-7-3-8-14-24)27(30(33)25-15-9-4-10-16-25)21-28(32)23-11-5-2-6-12-23/h2-20,27,29,31H,21H2,1H3.